The van der Waals surface area contributed by atoms with E-state index in [9.17, 15) is 9.59 Å². The van der Waals surface area contributed by atoms with Gasteiger partial charge in [0.1, 0.15) is 27.9 Å². The second-order valence-corrected chi connectivity index (χ2v) is 21.3. The van der Waals surface area contributed by atoms with Gasteiger partial charge >= 0.3 is 11.9 Å². The zero-order valence-electron chi connectivity index (χ0n) is 26.2. The normalized spacial score (nSPS) is 20.9. The molecule has 3 unspecified atom stereocenters. The summed E-state index contributed by atoms with van der Waals surface area (Å²) in [6.45, 7) is 20.9. The Bertz CT molecular complexity index is 1220. The molecule has 1 saturated carbocycles. The van der Waals surface area contributed by atoms with Gasteiger partial charge in [0.25, 0.3) is 0 Å². The van der Waals surface area contributed by atoms with E-state index in [0.717, 1.165) is 30.6 Å². The van der Waals surface area contributed by atoms with Crippen LogP contribution in [0.15, 0.2) is 73.1 Å². The molecule has 1 fully saturated rings. The summed E-state index contributed by atoms with van der Waals surface area (Å²) in [5, 5.41) is 2.49. The van der Waals surface area contributed by atoms with Crippen LogP contribution < -0.4 is 10.4 Å². The Labute approximate surface area is 254 Å². The molecular formula is C34H48O6Si2. The first-order valence-electron chi connectivity index (χ1n) is 15.3. The van der Waals surface area contributed by atoms with Crippen LogP contribution >= 0.6 is 0 Å². The number of carbonyl (C=O) groups excluding carboxylic acids is 2. The number of carbonyl (C=O) groups is 2. The molecule has 0 saturated heterocycles. The maximum Gasteiger partial charge on any atom is 0.373 e. The van der Waals surface area contributed by atoms with Crippen LogP contribution in [0.4, 0.5) is 0 Å². The van der Waals surface area contributed by atoms with Crippen molar-refractivity contribution in [2.45, 2.75) is 96.7 Å². The summed E-state index contributed by atoms with van der Waals surface area (Å²) in [5.41, 5.74) is 4.08. The first-order valence-corrected chi connectivity index (χ1v) is 20.3. The smallest absolute Gasteiger partial charge is 0.292 e. The molecule has 6 nitrogen and oxygen atoms in total. The molecule has 228 valence electrons. The van der Waals surface area contributed by atoms with Crippen LogP contribution in [0.1, 0.15) is 81.5 Å². The molecule has 8 heteroatoms. The highest BCUT2D eigenvalue weighted by Crippen LogP contribution is 2.37. The highest BCUT2D eigenvalue weighted by Gasteiger charge is 2.45. The molecule has 0 spiro atoms. The van der Waals surface area contributed by atoms with Gasteiger partial charge in [-0.1, -0.05) is 105 Å². The van der Waals surface area contributed by atoms with Gasteiger partial charge in [0, 0.05) is 0 Å². The minimum absolute atomic E-state index is 0.333. The second-order valence-electron chi connectivity index (χ2n) is 11.9. The summed E-state index contributed by atoms with van der Waals surface area (Å²) in [6.07, 6.45) is 1.44. The largest absolute Gasteiger partial charge is 0.373 e. The molecule has 0 heterocycles. The SMILES string of the molecule is C=C[Si](CC)(CC)c1ccc(C(=O)OOC2CC(C)CCC2(C)OOC(=O)c2ccc([Si](C=C)(CC)CC)cc2)cc1. The van der Waals surface area contributed by atoms with Crippen molar-refractivity contribution < 1.29 is 29.1 Å². The number of hydrogen-bond donors (Lipinski definition) is 0. The fourth-order valence-electron chi connectivity index (χ4n) is 6.00. The van der Waals surface area contributed by atoms with E-state index in [1.165, 1.54) is 10.4 Å². The minimum atomic E-state index is -1.76. The summed E-state index contributed by atoms with van der Waals surface area (Å²) < 4.78 is 0. The second kappa shape index (κ2) is 14.6. The summed E-state index contributed by atoms with van der Waals surface area (Å²) >= 11 is 0. The maximum atomic E-state index is 12.9. The highest BCUT2D eigenvalue weighted by atomic mass is 28.3. The van der Waals surface area contributed by atoms with Crippen LogP contribution in [0.5, 0.6) is 0 Å². The zero-order chi connectivity index (χ0) is 31.0. The fraction of sp³-hybridized carbons (Fsp3) is 0.471. The van der Waals surface area contributed by atoms with Crippen LogP contribution in [0.25, 0.3) is 0 Å². The van der Waals surface area contributed by atoms with Crippen LogP contribution in [0, 0.1) is 5.92 Å². The van der Waals surface area contributed by atoms with E-state index in [0.29, 0.717) is 29.9 Å². The lowest BCUT2D eigenvalue weighted by Crippen LogP contribution is -2.48. The molecule has 2 aromatic carbocycles. The number of rotatable bonds is 14. The Morgan fingerprint density at radius 2 is 1.24 bits per heavy atom. The molecule has 3 rings (SSSR count). The zero-order valence-corrected chi connectivity index (χ0v) is 28.2. The summed E-state index contributed by atoms with van der Waals surface area (Å²) in [6, 6.07) is 19.4. The summed E-state index contributed by atoms with van der Waals surface area (Å²) in [4.78, 5) is 47.9. The van der Waals surface area contributed by atoms with Crippen molar-refractivity contribution in [2.75, 3.05) is 0 Å². The van der Waals surface area contributed by atoms with Crippen molar-refractivity contribution in [3.63, 3.8) is 0 Å². The minimum Gasteiger partial charge on any atom is -0.292 e. The van der Waals surface area contributed by atoms with E-state index in [-0.39, 0.29) is 0 Å². The lowest BCUT2D eigenvalue weighted by molar-refractivity contribution is -0.388. The predicted octanol–water partition coefficient (Wildman–Crippen LogP) is 7.35. The van der Waals surface area contributed by atoms with E-state index in [4.69, 9.17) is 19.6 Å². The van der Waals surface area contributed by atoms with Crippen molar-refractivity contribution in [3.8, 4) is 0 Å². The predicted molar refractivity (Wildman–Crippen MR) is 174 cm³/mol. The molecule has 0 aliphatic heterocycles. The Kier molecular flexibility index (Phi) is 11.7. The molecule has 2 aromatic rings. The Morgan fingerprint density at radius 1 is 0.810 bits per heavy atom. The average molecular weight is 609 g/mol. The molecule has 0 N–H and O–H groups in total. The van der Waals surface area contributed by atoms with E-state index < -0.39 is 39.8 Å². The highest BCUT2D eigenvalue weighted by molar-refractivity contribution is 6.96. The van der Waals surface area contributed by atoms with Gasteiger partial charge in [-0.15, -0.1) is 13.2 Å². The Hall–Kier alpha value is -2.79. The average Bonchev–Trinajstić information content (AvgIpc) is 3.03. The van der Waals surface area contributed by atoms with E-state index >= 15 is 0 Å². The lowest BCUT2D eigenvalue weighted by atomic mass is 9.78. The van der Waals surface area contributed by atoms with Gasteiger partial charge in [-0.3, -0.25) is 9.78 Å². The van der Waals surface area contributed by atoms with Gasteiger partial charge in [0.15, 0.2) is 0 Å². The third-order valence-corrected chi connectivity index (χ3v) is 19.3. The van der Waals surface area contributed by atoms with Crippen molar-refractivity contribution in [1.82, 2.24) is 0 Å². The lowest BCUT2D eigenvalue weighted by Gasteiger charge is -2.39. The Balaban J connectivity index is 1.65. The molecule has 0 aromatic heterocycles. The molecule has 3 atom stereocenters. The fourth-order valence-corrected chi connectivity index (χ4v) is 11.9. The van der Waals surface area contributed by atoms with Crippen molar-refractivity contribution >= 4 is 38.5 Å². The van der Waals surface area contributed by atoms with Crippen molar-refractivity contribution in [1.29, 1.82) is 0 Å². The van der Waals surface area contributed by atoms with E-state index in [2.05, 4.69) is 59.2 Å². The third kappa shape index (κ3) is 7.22. The molecule has 42 heavy (non-hydrogen) atoms. The molecule has 0 radical (unpaired) electrons. The number of hydrogen-bond acceptors (Lipinski definition) is 6. The first kappa shape index (κ1) is 33.7. The standard InChI is InChI=1S/C34H48O6Si2/c1-9-41(10-2,11-3)29-19-15-27(16-20-29)32(35)38-37-31-25-26(7)23-24-34(31,8)40-39-33(36)28-17-21-30(22-18-28)42(12-4,13-5)14-6/h9,12,15-22,26,31H,1,4,10-11,13-14,23-25H2,2-3,5-8H3. The van der Waals surface area contributed by atoms with Gasteiger partial charge in [-0.05, 0) is 56.4 Å². The van der Waals surface area contributed by atoms with Crippen LogP contribution in [-0.2, 0) is 19.6 Å². The van der Waals surface area contributed by atoms with Gasteiger partial charge in [0.2, 0.25) is 0 Å². The topological polar surface area (TPSA) is 71.1 Å². The van der Waals surface area contributed by atoms with Gasteiger partial charge in [0.05, 0.1) is 11.1 Å². The molecule has 0 bridgehead atoms. The summed E-state index contributed by atoms with van der Waals surface area (Å²) in [7, 11) is -3.53. The third-order valence-electron chi connectivity index (χ3n) is 9.67. The molecule has 0 amide bonds. The van der Waals surface area contributed by atoms with Crippen molar-refractivity contribution in [3.05, 3.63) is 84.2 Å². The molecule has 1 aliphatic carbocycles. The van der Waals surface area contributed by atoms with Crippen molar-refractivity contribution in [2.24, 2.45) is 5.92 Å². The van der Waals surface area contributed by atoms with Gasteiger partial charge in [-0.25, -0.2) is 9.59 Å². The maximum absolute atomic E-state index is 12.9. The monoisotopic (exact) mass is 608 g/mol. The van der Waals surface area contributed by atoms with Crippen LogP contribution in [0.3, 0.4) is 0 Å². The number of benzene rings is 2. The van der Waals surface area contributed by atoms with E-state index in [1.54, 1.807) is 24.3 Å². The van der Waals surface area contributed by atoms with E-state index in [1.807, 2.05) is 31.2 Å². The quantitative estimate of drug-likeness (QED) is 0.127. The first-order chi connectivity index (χ1) is 20.1. The van der Waals surface area contributed by atoms with Gasteiger partial charge < -0.3 is 0 Å². The summed E-state index contributed by atoms with van der Waals surface area (Å²) in [5.74, 6) is -0.815. The van der Waals surface area contributed by atoms with Gasteiger partial charge in [-0.2, -0.15) is 9.78 Å². The molecular weight excluding hydrogens is 561 g/mol. The molecule has 1 aliphatic rings. The Morgan fingerprint density at radius 3 is 1.64 bits per heavy atom. The van der Waals surface area contributed by atoms with Crippen LogP contribution in [-0.4, -0.2) is 39.8 Å². The van der Waals surface area contributed by atoms with Crippen LogP contribution in [0.2, 0.25) is 24.2 Å².